The molecule has 0 saturated heterocycles. The Hall–Kier alpha value is -1.80. The molecule has 4 nitrogen and oxygen atoms in total. The fraction of sp³-hybridized carbons (Fsp3) is 0.640. The topological polar surface area (TPSA) is 38.8 Å². The number of carbonyl (C=O) groups excluding carboxylic acids is 1. The maximum Gasteiger partial charge on any atom is 0.471 e. The molecule has 33 heavy (non-hydrogen) atoms. The van der Waals surface area contributed by atoms with E-state index in [4.69, 9.17) is 9.16 Å². The number of anilines is 1. The van der Waals surface area contributed by atoms with Crippen LogP contribution in [-0.4, -0.2) is 39.7 Å². The minimum absolute atomic E-state index is 0.136. The fourth-order valence-electron chi connectivity index (χ4n) is 4.99. The summed E-state index contributed by atoms with van der Waals surface area (Å²) in [4.78, 5) is 13.3. The van der Waals surface area contributed by atoms with E-state index in [-0.39, 0.29) is 12.1 Å². The lowest BCUT2D eigenvalue weighted by Gasteiger charge is -2.43. The maximum atomic E-state index is 13.5. The molecule has 0 aliphatic rings. The Morgan fingerprint density at radius 2 is 1.55 bits per heavy atom. The van der Waals surface area contributed by atoms with E-state index in [1.807, 2.05) is 0 Å². The van der Waals surface area contributed by atoms with Crippen LogP contribution in [0.5, 0.6) is 5.75 Å². The van der Waals surface area contributed by atoms with Gasteiger partial charge in [0.1, 0.15) is 5.75 Å². The van der Waals surface area contributed by atoms with E-state index < -0.39 is 25.9 Å². The first-order chi connectivity index (χ1) is 15.2. The average Bonchev–Trinajstić information content (AvgIpc) is 2.72. The largest absolute Gasteiger partial charge is 0.497 e. The SMILES string of the molecule is C=C[C@@](C)(CCCO[Si](C(C)C)(C(C)C)C(C)C)N(C(=O)C(F)(F)F)c1ccc(OC)cc1. The van der Waals surface area contributed by atoms with E-state index in [1.54, 1.807) is 6.92 Å². The fourth-order valence-corrected chi connectivity index (χ4v) is 10.5. The molecule has 8 heteroatoms. The smallest absolute Gasteiger partial charge is 0.471 e. The number of hydrogen-bond acceptors (Lipinski definition) is 3. The van der Waals surface area contributed by atoms with Crippen LogP contribution >= 0.6 is 0 Å². The van der Waals surface area contributed by atoms with Crippen LogP contribution in [0.15, 0.2) is 36.9 Å². The Bertz CT molecular complexity index is 756. The Kier molecular flexibility index (Phi) is 10.2. The highest BCUT2D eigenvalue weighted by Gasteiger charge is 2.48. The molecule has 1 amide bonds. The highest BCUT2D eigenvalue weighted by Crippen LogP contribution is 2.42. The van der Waals surface area contributed by atoms with Gasteiger partial charge in [-0.1, -0.05) is 47.6 Å². The molecule has 0 aromatic heterocycles. The first kappa shape index (κ1) is 29.2. The van der Waals surface area contributed by atoms with Gasteiger partial charge in [-0.25, -0.2) is 0 Å². The molecule has 0 bridgehead atoms. The Labute approximate surface area is 198 Å². The molecule has 1 aromatic carbocycles. The van der Waals surface area contributed by atoms with Gasteiger partial charge in [0.25, 0.3) is 0 Å². The van der Waals surface area contributed by atoms with Crippen LogP contribution in [0.1, 0.15) is 61.3 Å². The number of carbonyl (C=O) groups is 1. The molecule has 188 valence electrons. The van der Waals surface area contributed by atoms with Gasteiger partial charge in [-0.3, -0.25) is 9.69 Å². The summed E-state index contributed by atoms with van der Waals surface area (Å²) in [6.45, 7) is 18.9. The summed E-state index contributed by atoms with van der Waals surface area (Å²) >= 11 is 0. The van der Waals surface area contributed by atoms with Gasteiger partial charge in [-0.15, -0.1) is 6.58 Å². The Balaban J connectivity index is 3.18. The second-order valence-electron chi connectivity index (χ2n) is 9.67. The third-order valence-electron chi connectivity index (χ3n) is 6.61. The second-order valence-corrected chi connectivity index (χ2v) is 15.1. The van der Waals surface area contributed by atoms with Crippen molar-refractivity contribution in [1.29, 1.82) is 0 Å². The quantitative estimate of drug-likeness (QED) is 0.174. The zero-order valence-electron chi connectivity index (χ0n) is 21.3. The van der Waals surface area contributed by atoms with Crippen molar-refractivity contribution in [2.24, 2.45) is 0 Å². The van der Waals surface area contributed by atoms with Gasteiger partial charge in [0, 0.05) is 12.3 Å². The highest BCUT2D eigenvalue weighted by molar-refractivity contribution is 6.77. The molecule has 0 spiro atoms. The van der Waals surface area contributed by atoms with Crippen molar-refractivity contribution in [2.45, 2.75) is 89.6 Å². The summed E-state index contributed by atoms with van der Waals surface area (Å²) in [6.07, 6.45) is -2.82. The molecule has 0 unspecified atom stereocenters. The van der Waals surface area contributed by atoms with Crippen LogP contribution < -0.4 is 9.64 Å². The summed E-state index contributed by atoms with van der Waals surface area (Å²) < 4.78 is 52.3. The number of hydrogen-bond donors (Lipinski definition) is 0. The van der Waals surface area contributed by atoms with Crippen molar-refractivity contribution in [3.63, 3.8) is 0 Å². The third-order valence-corrected chi connectivity index (χ3v) is 12.7. The van der Waals surface area contributed by atoms with E-state index in [0.29, 0.717) is 35.4 Å². The van der Waals surface area contributed by atoms with E-state index >= 15 is 0 Å². The van der Waals surface area contributed by atoms with E-state index in [9.17, 15) is 18.0 Å². The molecular formula is C25H40F3NO3Si. The van der Waals surface area contributed by atoms with Crippen LogP contribution in [0.25, 0.3) is 0 Å². The van der Waals surface area contributed by atoms with Crippen LogP contribution in [0.3, 0.4) is 0 Å². The first-order valence-electron chi connectivity index (χ1n) is 11.5. The predicted molar refractivity (Wildman–Crippen MR) is 131 cm³/mol. The second kappa shape index (κ2) is 11.6. The van der Waals surface area contributed by atoms with Crippen molar-refractivity contribution in [3.8, 4) is 5.75 Å². The third kappa shape index (κ3) is 6.63. The van der Waals surface area contributed by atoms with Crippen LogP contribution in [0.4, 0.5) is 18.9 Å². The molecular weight excluding hydrogens is 447 g/mol. The van der Waals surface area contributed by atoms with Crippen molar-refractivity contribution in [1.82, 2.24) is 0 Å². The minimum Gasteiger partial charge on any atom is -0.497 e. The summed E-state index contributed by atoms with van der Waals surface area (Å²) in [7, 11) is -0.619. The van der Waals surface area contributed by atoms with Crippen molar-refractivity contribution < 1.29 is 27.1 Å². The summed E-state index contributed by atoms with van der Waals surface area (Å²) in [5, 5.41) is 0. The summed E-state index contributed by atoms with van der Waals surface area (Å²) in [5.41, 5.74) is 0.113. The lowest BCUT2D eigenvalue weighted by molar-refractivity contribution is -0.171. The predicted octanol–water partition coefficient (Wildman–Crippen LogP) is 7.51. The normalized spacial score (nSPS) is 14.5. The van der Waals surface area contributed by atoms with Crippen LogP contribution in [0.2, 0.25) is 16.6 Å². The minimum atomic E-state index is -5.02. The average molecular weight is 488 g/mol. The standard InChI is InChI=1S/C25H40F3NO3Si/c1-10-24(8,16-11-17-32-33(18(2)3,19(4)5)20(6)7)29(23(30)25(26,27)28)21-12-14-22(31-9)15-13-21/h10,12-15,18-20H,1,11,16-17H2,2-9H3/t24-/m0/s1. The van der Waals surface area contributed by atoms with Gasteiger partial charge in [-0.2, -0.15) is 13.2 Å². The van der Waals surface area contributed by atoms with E-state index in [2.05, 4.69) is 48.1 Å². The van der Waals surface area contributed by atoms with Crippen molar-refractivity contribution >= 4 is 19.9 Å². The first-order valence-corrected chi connectivity index (χ1v) is 13.6. The number of ether oxygens (including phenoxy) is 1. The molecule has 1 atom stereocenters. The number of rotatable bonds is 12. The van der Waals surface area contributed by atoms with Gasteiger partial charge in [0.05, 0.1) is 12.6 Å². The van der Waals surface area contributed by atoms with Crippen molar-refractivity contribution in [2.75, 3.05) is 18.6 Å². The number of alkyl halides is 3. The highest BCUT2D eigenvalue weighted by atomic mass is 28.4. The van der Waals surface area contributed by atoms with E-state index in [0.717, 1.165) is 4.90 Å². The summed E-state index contributed by atoms with van der Waals surface area (Å²) in [5.74, 6) is -1.43. The van der Waals surface area contributed by atoms with Gasteiger partial charge in [-0.05, 0) is 60.7 Å². The molecule has 0 fully saturated rings. The van der Waals surface area contributed by atoms with Gasteiger partial charge < -0.3 is 9.16 Å². The van der Waals surface area contributed by atoms with Gasteiger partial charge >= 0.3 is 12.1 Å². The number of halogens is 3. The number of amides is 1. The van der Waals surface area contributed by atoms with Crippen molar-refractivity contribution in [3.05, 3.63) is 36.9 Å². The van der Waals surface area contributed by atoms with E-state index in [1.165, 1.54) is 37.5 Å². The molecule has 0 radical (unpaired) electrons. The lowest BCUT2D eigenvalue weighted by Crippen LogP contribution is -2.54. The van der Waals surface area contributed by atoms with Crippen LogP contribution in [-0.2, 0) is 9.22 Å². The maximum absolute atomic E-state index is 13.5. The monoisotopic (exact) mass is 487 g/mol. The molecule has 0 heterocycles. The van der Waals surface area contributed by atoms with Gasteiger partial charge in [0.2, 0.25) is 0 Å². The molecule has 0 N–H and O–H groups in total. The Morgan fingerprint density at radius 3 is 1.91 bits per heavy atom. The Morgan fingerprint density at radius 1 is 1.06 bits per heavy atom. The lowest BCUT2D eigenvalue weighted by atomic mass is 9.92. The molecule has 0 aliphatic carbocycles. The van der Waals surface area contributed by atoms with Gasteiger partial charge in [0.15, 0.2) is 8.32 Å². The molecule has 0 saturated carbocycles. The molecule has 0 aliphatic heterocycles. The number of nitrogens with zero attached hydrogens (tertiary/aromatic N) is 1. The summed E-state index contributed by atoms with van der Waals surface area (Å²) in [6, 6.07) is 5.98. The number of benzene rings is 1. The van der Waals surface area contributed by atoms with Crippen LogP contribution in [0, 0.1) is 0 Å². The molecule has 1 aromatic rings. The zero-order chi connectivity index (χ0) is 25.6. The zero-order valence-corrected chi connectivity index (χ0v) is 22.3. The molecule has 1 rings (SSSR count). The number of methoxy groups -OCH3 is 1.